The molecule has 3 rings (SSSR count). The molecule has 1 atom stereocenters. The summed E-state index contributed by atoms with van der Waals surface area (Å²) < 4.78 is 5.90. The van der Waals surface area contributed by atoms with Crippen molar-refractivity contribution in [2.75, 3.05) is 19.7 Å². The maximum atomic E-state index is 10.6. The number of aliphatic hydroxyl groups excluding tert-OH is 1. The molecular formula is C18H21NO2. The van der Waals surface area contributed by atoms with Gasteiger partial charge in [0.1, 0.15) is 11.9 Å². The molecule has 1 aliphatic rings. The van der Waals surface area contributed by atoms with E-state index in [0.717, 1.165) is 47.5 Å². The molecule has 21 heavy (non-hydrogen) atoms. The molecule has 2 aromatic rings. The van der Waals surface area contributed by atoms with Gasteiger partial charge < -0.3 is 15.2 Å². The van der Waals surface area contributed by atoms with Gasteiger partial charge in [-0.3, -0.25) is 0 Å². The van der Waals surface area contributed by atoms with Crippen LogP contribution >= 0.6 is 0 Å². The zero-order chi connectivity index (χ0) is 14.7. The SMILES string of the molecule is CCNCCCOc1cccc2c1[C@@H](O)c1ccccc1-2. The molecule has 1 aliphatic carbocycles. The molecule has 110 valence electrons. The third kappa shape index (κ3) is 2.67. The first kappa shape index (κ1) is 14.1. The van der Waals surface area contributed by atoms with Gasteiger partial charge in [0.05, 0.1) is 6.61 Å². The Hall–Kier alpha value is -1.84. The first-order chi connectivity index (χ1) is 10.3. The lowest BCUT2D eigenvalue weighted by Gasteiger charge is -2.13. The number of benzene rings is 2. The highest BCUT2D eigenvalue weighted by Crippen LogP contribution is 2.47. The number of rotatable bonds is 6. The fraction of sp³-hybridized carbons (Fsp3) is 0.333. The molecule has 0 heterocycles. The smallest absolute Gasteiger partial charge is 0.126 e. The van der Waals surface area contributed by atoms with Crippen LogP contribution in [0, 0.1) is 0 Å². The van der Waals surface area contributed by atoms with Gasteiger partial charge in [0.15, 0.2) is 0 Å². The fourth-order valence-corrected chi connectivity index (χ4v) is 2.88. The molecule has 0 unspecified atom stereocenters. The fourth-order valence-electron chi connectivity index (χ4n) is 2.88. The van der Waals surface area contributed by atoms with Gasteiger partial charge >= 0.3 is 0 Å². The molecule has 2 N–H and O–H groups in total. The van der Waals surface area contributed by atoms with Crippen molar-refractivity contribution >= 4 is 0 Å². The lowest BCUT2D eigenvalue weighted by Crippen LogP contribution is -2.16. The van der Waals surface area contributed by atoms with Crippen LogP contribution in [0.5, 0.6) is 5.75 Å². The molecule has 0 saturated heterocycles. The highest BCUT2D eigenvalue weighted by molar-refractivity contribution is 5.80. The zero-order valence-corrected chi connectivity index (χ0v) is 12.3. The number of aliphatic hydroxyl groups is 1. The first-order valence-corrected chi connectivity index (χ1v) is 7.56. The maximum absolute atomic E-state index is 10.6. The Morgan fingerprint density at radius 2 is 1.90 bits per heavy atom. The van der Waals surface area contributed by atoms with Crippen LogP contribution in [0.3, 0.4) is 0 Å². The van der Waals surface area contributed by atoms with E-state index in [9.17, 15) is 5.11 Å². The van der Waals surface area contributed by atoms with E-state index < -0.39 is 6.10 Å². The van der Waals surface area contributed by atoms with Crippen LogP contribution in [0.4, 0.5) is 0 Å². The molecule has 0 radical (unpaired) electrons. The summed E-state index contributed by atoms with van der Waals surface area (Å²) in [5.74, 6) is 0.799. The summed E-state index contributed by atoms with van der Waals surface area (Å²) in [7, 11) is 0. The summed E-state index contributed by atoms with van der Waals surface area (Å²) in [5.41, 5.74) is 4.07. The van der Waals surface area contributed by atoms with Crippen molar-refractivity contribution < 1.29 is 9.84 Å². The molecule has 3 heteroatoms. The zero-order valence-electron chi connectivity index (χ0n) is 12.3. The standard InChI is InChI=1S/C18H21NO2/c1-2-19-11-6-12-21-16-10-5-9-14-13-7-3-4-8-15(13)18(20)17(14)16/h3-5,7-10,18-20H,2,6,11-12H2,1H3/t18-/m0/s1. The summed E-state index contributed by atoms with van der Waals surface area (Å²) in [5, 5.41) is 13.8. The average Bonchev–Trinajstić information content (AvgIpc) is 2.82. The van der Waals surface area contributed by atoms with Crippen LogP contribution in [0.1, 0.15) is 30.6 Å². The van der Waals surface area contributed by atoms with E-state index in [2.05, 4.69) is 24.4 Å². The Labute approximate surface area is 125 Å². The van der Waals surface area contributed by atoms with Gasteiger partial charge in [-0.05, 0) is 42.3 Å². The van der Waals surface area contributed by atoms with Gasteiger partial charge in [0, 0.05) is 5.56 Å². The van der Waals surface area contributed by atoms with E-state index in [1.165, 1.54) is 0 Å². The van der Waals surface area contributed by atoms with Crippen molar-refractivity contribution in [3.63, 3.8) is 0 Å². The Morgan fingerprint density at radius 1 is 1.10 bits per heavy atom. The third-order valence-corrected chi connectivity index (χ3v) is 3.89. The van der Waals surface area contributed by atoms with Crippen molar-refractivity contribution in [1.82, 2.24) is 5.32 Å². The Bertz CT molecular complexity index is 624. The number of hydrogen-bond donors (Lipinski definition) is 2. The number of ether oxygens (including phenoxy) is 1. The summed E-state index contributed by atoms with van der Waals surface area (Å²) in [6.07, 6.45) is 0.377. The Morgan fingerprint density at radius 3 is 2.76 bits per heavy atom. The number of fused-ring (bicyclic) bond motifs is 3. The molecule has 0 fully saturated rings. The van der Waals surface area contributed by atoms with Crippen molar-refractivity contribution in [3.05, 3.63) is 53.6 Å². The summed E-state index contributed by atoms with van der Waals surface area (Å²) in [6.45, 7) is 4.69. The average molecular weight is 283 g/mol. The second kappa shape index (κ2) is 6.29. The van der Waals surface area contributed by atoms with Gasteiger partial charge in [-0.15, -0.1) is 0 Å². The summed E-state index contributed by atoms with van der Waals surface area (Å²) in [6, 6.07) is 14.0. The van der Waals surface area contributed by atoms with Crippen LogP contribution in [0.2, 0.25) is 0 Å². The molecule has 0 bridgehead atoms. The van der Waals surface area contributed by atoms with Gasteiger partial charge in [-0.25, -0.2) is 0 Å². The Balaban J connectivity index is 1.80. The van der Waals surface area contributed by atoms with Crippen molar-refractivity contribution in [1.29, 1.82) is 0 Å². The van der Waals surface area contributed by atoms with E-state index in [-0.39, 0.29) is 0 Å². The van der Waals surface area contributed by atoms with Crippen molar-refractivity contribution in [2.45, 2.75) is 19.4 Å². The van der Waals surface area contributed by atoms with Gasteiger partial charge in [0.2, 0.25) is 0 Å². The second-order valence-electron chi connectivity index (χ2n) is 5.26. The number of hydrogen-bond acceptors (Lipinski definition) is 3. The molecule has 0 spiro atoms. The van der Waals surface area contributed by atoms with Crippen LogP contribution in [0.15, 0.2) is 42.5 Å². The minimum Gasteiger partial charge on any atom is -0.493 e. The molecule has 0 amide bonds. The van der Waals surface area contributed by atoms with Crippen LogP contribution in [-0.2, 0) is 0 Å². The summed E-state index contributed by atoms with van der Waals surface area (Å²) >= 11 is 0. The van der Waals surface area contributed by atoms with Crippen LogP contribution < -0.4 is 10.1 Å². The van der Waals surface area contributed by atoms with E-state index in [1.54, 1.807) is 0 Å². The molecular weight excluding hydrogens is 262 g/mol. The molecule has 0 aliphatic heterocycles. The van der Waals surface area contributed by atoms with Crippen molar-refractivity contribution in [3.8, 4) is 16.9 Å². The van der Waals surface area contributed by atoms with E-state index >= 15 is 0 Å². The van der Waals surface area contributed by atoms with E-state index in [0.29, 0.717) is 6.61 Å². The summed E-state index contributed by atoms with van der Waals surface area (Å²) in [4.78, 5) is 0. The monoisotopic (exact) mass is 283 g/mol. The third-order valence-electron chi connectivity index (χ3n) is 3.89. The predicted octanol–water partition coefficient (Wildman–Crippen LogP) is 3.13. The van der Waals surface area contributed by atoms with Gasteiger partial charge in [-0.2, -0.15) is 0 Å². The largest absolute Gasteiger partial charge is 0.493 e. The van der Waals surface area contributed by atoms with Crippen LogP contribution in [0.25, 0.3) is 11.1 Å². The highest BCUT2D eigenvalue weighted by atomic mass is 16.5. The topological polar surface area (TPSA) is 41.5 Å². The lowest BCUT2D eigenvalue weighted by atomic mass is 10.1. The minimum absolute atomic E-state index is 0.582. The minimum atomic E-state index is -0.582. The second-order valence-corrected chi connectivity index (χ2v) is 5.26. The molecule has 0 saturated carbocycles. The Kier molecular flexibility index (Phi) is 4.23. The van der Waals surface area contributed by atoms with E-state index in [4.69, 9.17) is 4.74 Å². The maximum Gasteiger partial charge on any atom is 0.126 e. The lowest BCUT2D eigenvalue weighted by molar-refractivity contribution is 0.215. The number of nitrogens with one attached hydrogen (secondary N) is 1. The first-order valence-electron chi connectivity index (χ1n) is 7.56. The van der Waals surface area contributed by atoms with Gasteiger partial charge in [-0.1, -0.05) is 43.3 Å². The van der Waals surface area contributed by atoms with Gasteiger partial charge in [0.25, 0.3) is 0 Å². The molecule has 2 aromatic carbocycles. The quantitative estimate of drug-likeness (QED) is 0.800. The van der Waals surface area contributed by atoms with Crippen molar-refractivity contribution in [2.24, 2.45) is 0 Å². The highest BCUT2D eigenvalue weighted by Gasteiger charge is 2.29. The molecule has 3 nitrogen and oxygen atoms in total. The predicted molar refractivity (Wildman–Crippen MR) is 84.6 cm³/mol. The van der Waals surface area contributed by atoms with E-state index in [1.807, 2.05) is 30.3 Å². The normalized spacial score (nSPS) is 15.6. The molecule has 0 aromatic heterocycles. The van der Waals surface area contributed by atoms with Crippen LogP contribution in [-0.4, -0.2) is 24.8 Å².